The van der Waals surface area contributed by atoms with Crippen LogP contribution >= 0.6 is 0 Å². The molecule has 0 heterocycles. The highest BCUT2D eigenvalue weighted by Crippen LogP contribution is 2.25. The van der Waals surface area contributed by atoms with Gasteiger partial charge >= 0.3 is 0 Å². The lowest BCUT2D eigenvalue weighted by atomic mass is 10.1. The van der Waals surface area contributed by atoms with Crippen LogP contribution < -0.4 is 16.4 Å². The summed E-state index contributed by atoms with van der Waals surface area (Å²) >= 11 is 0. The van der Waals surface area contributed by atoms with Crippen molar-refractivity contribution in [2.24, 2.45) is 5.73 Å². The first-order valence-electron chi connectivity index (χ1n) is 7.16. The highest BCUT2D eigenvalue weighted by molar-refractivity contribution is 5.68. The van der Waals surface area contributed by atoms with E-state index >= 15 is 0 Å². The quantitative estimate of drug-likeness (QED) is 0.533. The number of rotatable bonds is 5. The molecule has 6 N–H and O–H groups in total. The van der Waals surface area contributed by atoms with E-state index in [1.165, 1.54) is 25.0 Å². The number of hydrogen-bond donors (Lipinski definition) is 5. The van der Waals surface area contributed by atoms with Gasteiger partial charge in [-0.25, -0.2) is 0 Å². The monoisotopic (exact) mass is 311 g/mol. The molecule has 22 heavy (non-hydrogen) atoms. The van der Waals surface area contributed by atoms with Crippen LogP contribution in [0.2, 0.25) is 0 Å². The third-order valence-electron chi connectivity index (χ3n) is 2.71. The van der Waals surface area contributed by atoms with Crippen LogP contribution in [0.4, 0.5) is 0 Å². The Balaban J connectivity index is 0. The Hall–Kier alpha value is -2.21. The van der Waals surface area contributed by atoms with Crippen LogP contribution in [0, 0.1) is 0 Å². The van der Waals surface area contributed by atoms with Gasteiger partial charge in [-0.3, -0.25) is 0 Å². The van der Waals surface area contributed by atoms with Crippen molar-refractivity contribution in [3.8, 4) is 11.5 Å². The van der Waals surface area contributed by atoms with Gasteiger partial charge in [0.05, 0.1) is 11.9 Å². The third kappa shape index (κ3) is 9.66. The predicted octanol–water partition coefficient (Wildman–Crippen LogP) is 2.13. The predicted molar refractivity (Wildman–Crippen MR) is 91.3 cm³/mol. The first-order valence-corrected chi connectivity index (χ1v) is 7.16. The number of phenolic OH excluding ortho intramolecular Hbond substituents is 2. The highest BCUT2D eigenvalue weighted by atomic mass is 16.3. The summed E-state index contributed by atoms with van der Waals surface area (Å²) in [6.45, 7) is 8.29. The maximum absolute atomic E-state index is 9.56. The summed E-state index contributed by atoms with van der Waals surface area (Å²) in [5.74, 6) is -0.0433. The van der Waals surface area contributed by atoms with Crippen LogP contribution in [-0.2, 0) is 4.79 Å². The van der Waals surface area contributed by atoms with E-state index in [0.29, 0.717) is 11.3 Å². The van der Waals surface area contributed by atoms with E-state index in [9.17, 15) is 5.11 Å². The molecule has 0 aliphatic rings. The minimum atomic E-state index is -0.0485. The van der Waals surface area contributed by atoms with Crippen molar-refractivity contribution < 1.29 is 15.0 Å². The van der Waals surface area contributed by atoms with E-state index in [2.05, 4.69) is 24.5 Å². The molecule has 126 valence electrons. The Labute approximate surface area is 133 Å². The average Bonchev–Trinajstić information content (AvgIpc) is 2.54. The minimum absolute atomic E-state index is 0.00519. The Kier molecular flexibility index (Phi) is 13.8. The van der Waals surface area contributed by atoms with Gasteiger partial charge in [0, 0.05) is 17.8 Å². The zero-order valence-electron chi connectivity index (χ0n) is 13.9. The largest absolute Gasteiger partial charge is 0.508 e. The number of carbonyl (C=O) groups is 1. The maximum atomic E-state index is 9.56. The normalized spacial score (nSPS) is 11.4. The second-order valence-corrected chi connectivity index (χ2v) is 4.48. The third-order valence-corrected chi connectivity index (χ3v) is 2.71. The van der Waals surface area contributed by atoms with E-state index in [4.69, 9.17) is 15.6 Å². The van der Waals surface area contributed by atoms with Crippen LogP contribution in [0.3, 0.4) is 0 Å². The summed E-state index contributed by atoms with van der Waals surface area (Å²) in [5.41, 5.74) is 6.66. The topological polar surface area (TPSA) is 108 Å². The minimum Gasteiger partial charge on any atom is -0.508 e. The lowest BCUT2D eigenvalue weighted by molar-refractivity contribution is -0.0979. The molecule has 1 atom stereocenters. The molecule has 1 rings (SSSR count). The van der Waals surface area contributed by atoms with Crippen molar-refractivity contribution in [3.05, 3.63) is 30.0 Å². The van der Waals surface area contributed by atoms with Crippen molar-refractivity contribution in [1.29, 1.82) is 0 Å². The second-order valence-electron chi connectivity index (χ2n) is 4.48. The van der Waals surface area contributed by atoms with E-state index in [-0.39, 0.29) is 17.7 Å². The Morgan fingerprint density at radius 3 is 2.27 bits per heavy atom. The summed E-state index contributed by atoms with van der Waals surface area (Å²) in [4.78, 5) is 8.00. The molecule has 0 aliphatic heterocycles. The molecular weight excluding hydrogens is 282 g/mol. The molecule has 1 aromatic rings. The van der Waals surface area contributed by atoms with Crippen molar-refractivity contribution >= 4 is 12.5 Å². The Morgan fingerprint density at radius 2 is 1.86 bits per heavy atom. The molecule has 0 spiro atoms. The molecule has 6 nitrogen and oxygen atoms in total. The van der Waals surface area contributed by atoms with Gasteiger partial charge in [0.1, 0.15) is 18.3 Å². The van der Waals surface area contributed by atoms with Gasteiger partial charge in [0.25, 0.3) is 0 Å². The number of carbonyl (C=O) groups excluding carboxylic acids is 1. The number of benzene rings is 1. The lowest BCUT2D eigenvalue weighted by Crippen LogP contribution is -2.34. The van der Waals surface area contributed by atoms with E-state index < -0.39 is 0 Å². The van der Waals surface area contributed by atoms with Gasteiger partial charge in [-0.15, -0.1) is 0 Å². The van der Waals surface area contributed by atoms with Crippen molar-refractivity contribution in [1.82, 2.24) is 10.6 Å². The molecule has 0 bridgehead atoms. The molecule has 0 saturated carbocycles. The van der Waals surface area contributed by atoms with Crippen LogP contribution in [0.15, 0.2) is 24.4 Å². The first kappa shape index (κ1) is 22.1. The number of aromatic hydroxyl groups is 2. The molecular formula is C16H29N3O3. The van der Waals surface area contributed by atoms with Gasteiger partial charge in [0.15, 0.2) is 0 Å². The SMILES string of the molecule is C=O.CCCC.CNC(C)N/C=C(\N)c1ccc(O)cc1O. The molecule has 1 unspecified atom stereocenters. The fourth-order valence-corrected chi connectivity index (χ4v) is 1.14. The summed E-state index contributed by atoms with van der Waals surface area (Å²) in [6.07, 6.45) is 4.32. The standard InChI is InChI=1S/C11H17N3O2.C4H10.CH2O/c1-7(13-2)14-6-10(12)9-4-3-8(15)5-11(9)16;1-3-4-2;1-2/h3-7,13-16H,12H2,1-2H3;3-4H2,1-2H3;1H2/b10-6-;;. The number of nitrogens with one attached hydrogen (secondary N) is 2. The van der Waals surface area contributed by atoms with E-state index in [0.717, 1.165) is 0 Å². The van der Waals surface area contributed by atoms with Crippen molar-refractivity contribution in [2.45, 2.75) is 39.8 Å². The lowest BCUT2D eigenvalue weighted by Gasteiger charge is -2.11. The summed E-state index contributed by atoms with van der Waals surface area (Å²) in [5, 5.41) is 24.7. The van der Waals surface area contributed by atoms with Gasteiger partial charge < -0.3 is 31.4 Å². The van der Waals surface area contributed by atoms with Gasteiger partial charge in [-0.05, 0) is 26.1 Å². The highest BCUT2D eigenvalue weighted by Gasteiger charge is 2.05. The molecule has 0 fully saturated rings. The zero-order valence-corrected chi connectivity index (χ0v) is 13.9. The number of nitrogens with two attached hydrogens (primary N) is 1. The van der Waals surface area contributed by atoms with E-state index in [1.807, 2.05) is 20.8 Å². The fourth-order valence-electron chi connectivity index (χ4n) is 1.14. The molecule has 0 amide bonds. The number of hydrogen-bond acceptors (Lipinski definition) is 6. The Morgan fingerprint density at radius 1 is 1.32 bits per heavy atom. The van der Waals surface area contributed by atoms with Crippen molar-refractivity contribution in [3.63, 3.8) is 0 Å². The van der Waals surface area contributed by atoms with Gasteiger partial charge in [-0.1, -0.05) is 26.7 Å². The second kappa shape index (κ2) is 13.8. The van der Waals surface area contributed by atoms with Crippen LogP contribution in [-0.4, -0.2) is 30.2 Å². The number of unbranched alkanes of at least 4 members (excludes halogenated alkanes) is 1. The average molecular weight is 311 g/mol. The molecule has 0 aromatic heterocycles. The smallest absolute Gasteiger partial charge is 0.128 e. The van der Waals surface area contributed by atoms with Crippen LogP contribution in [0.25, 0.3) is 5.70 Å². The van der Waals surface area contributed by atoms with Crippen LogP contribution in [0.1, 0.15) is 39.2 Å². The maximum Gasteiger partial charge on any atom is 0.128 e. The molecule has 0 radical (unpaired) electrons. The fraction of sp³-hybridized carbons (Fsp3) is 0.438. The molecule has 0 aliphatic carbocycles. The summed E-state index contributed by atoms with van der Waals surface area (Å²) in [7, 11) is 1.82. The summed E-state index contributed by atoms with van der Waals surface area (Å²) in [6, 6.07) is 4.27. The molecule has 0 saturated heterocycles. The van der Waals surface area contributed by atoms with Crippen LogP contribution in [0.5, 0.6) is 11.5 Å². The van der Waals surface area contributed by atoms with Gasteiger partial charge in [0.2, 0.25) is 0 Å². The van der Waals surface area contributed by atoms with Crippen molar-refractivity contribution in [2.75, 3.05) is 7.05 Å². The summed E-state index contributed by atoms with van der Waals surface area (Å²) < 4.78 is 0. The zero-order chi connectivity index (χ0) is 17.5. The van der Waals surface area contributed by atoms with E-state index in [1.54, 1.807) is 12.3 Å². The number of phenols is 2. The first-order chi connectivity index (χ1) is 10.5. The van der Waals surface area contributed by atoms with Gasteiger partial charge in [-0.2, -0.15) is 0 Å². The molecule has 1 aromatic carbocycles. The Bertz CT molecular complexity index is 435. The molecule has 6 heteroatoms.